The normalized spacial score (nSPS) is 12.0. The first-order valence-electron chi connectivity index (χ1n) is 12.7. The Morgan fingerprint density at radius 3 is 1.65 bits per heavy atom. The Balaban J connectivity index is 1.43. The molecule has 37 heavy (non-hydrogen) atoms. The van der Waals surface area contributed by atoms with E-state index in [0.29, 0.717) is 0 Å². The van der Waals surface area contributed by atoms with Gasteiger partial charge in [-0.15, -0.1) is 0 Å². The topological polar surface area (TPSA) is 9.23 Å². The summed E-state index contributed by atoms with van der Waals surface area (Å²) in [7, 11) is 0. The molecule has 0 saturated heterocycles. The third-order valence-corrected chi connectivity index (χ3v) is 7.64. The second kappa shape index (κ2) is 7.81. The van der Waals surface area contributed by atoms with E-state index in [-0.39, 0.29) is 0 Å². The van der Waals surface area contributed by atoms with Crippen molar-refractivity contribution >= 4 is 32.3 Å². The van der Waals surface area contributed by atoms with Crippen molar-refractivity contribution in [2.75, 3.05) is 0 Å². The Kier molecular flexibility index (Phi) is 4.29. The molecule has 0 fully saturated rings. The van der Waals surface area contributed by atoms with Gasteiger partial charge >= 0.3 is 0 Å². The smallest absolute Gasteiger partial charge is 0.135 e. The number of ether oxygens (including phenoxy) is 1. The van der Waals surface area contributed by atoms with Crippen molar-refractivity contribution < 1.29 is 4.74 Å². The summed E-state index contributed by atoms with van der Waals surface area (Å²) in [5.41, 5.74) is 7.30. The fourth-order valence-electron chi connectivity index (χ4n) is 6.07. The lowest BCUT2D eigenvalue weighted by atomic mass is 9.85. The van der Waals surface area contributed by atoms with Crippen LogP contribution in [0.3, 0.4) is 0 Å². The molecular formula is C36H22O. The summed E-state index contributed by atoms with van der Waals surface area (Å²) < 4.78 is 6.53. The van der Waals surface area contributed by atoms with Gasteiger partial charge in [-0.1, -0.05) is 115 Å². The zero-order valence-corrected chi connectivity index (χ0v) is 20.1. The van der Waals surface area contributed by atoms with Gasteiger partial charge in [0.05, 0.1) is 0 Å². The molecule has 1 aliphatic heterocycles. The first kappa shape index (κ1) is 20.3. The zero-order valence-electron chi connectivity index (χ0n) is 20.1. The number of hydrogen-bond donors (Lipinski definition) is 0. The summed E-state index contributed by atoms with van der Waals surface area (Å²) >= 11 is 0. The summed E-state index contributed by atoms with van der Waals surface area (Å²) in [5.74, 6) is 1.83. The van der Waals surface area contributed by atoms with Crippen LogP contribution in [0.2, 0.25) is 0 Å². The van der Waals surface area contributed by atoms with E-state index < -0.39 is 0 Å². The monoisotopic (exact) mass is 470 g/mol. The largest absolute Gasteiger partial charge is 0.456 e. The maximum absolute atomic E-state index is 6.53. The highest BCUT2D eigenvalue weighted by Crippen LogP contribution is 2.49. The van der Waals surface area contributed by atoms with Crippen LogP contribution in [-0.4, -0.2) is 0 Å². The van der Waals surface area contributed by atoms with Crippen LogP contribution in [0.4, 0.5) is 0 Å². The number of hydrogen-bond acceptors (Lipinski definition) is 1. The van der Waals surface area contributed by atoms with Gasteiger partial charge in [0.15, 0.2) is 0 Å². The van der Waals surface area contributed by atoms with Gasteiger partial charge in [-0.3, -0.25) is 0 Å². The van der Waals surface area contributed by atoms with E-state index in [1.807, 2.05) is 0 Å². The third kappa shape index (κ3) is 2.98. The van der Waals surface area contributed by atoms with Gasteiger partial charge in [0, 0.05) is 10.9 Å². The van der Waals surface area contributed by atoms with E-state index in [2.05, 4.69) is 133 Å². The fourth-order valence-corrected chi connectivity index (χ4v) is 6.07. The predicted octanol–water partition coefficient (Wildman–Crippen LogP) is 10.3. The van der Waals surface area contributed by atoms with Crippen molar-refractivity contribution in [1.29, 1.82) is 0 Å². The molecule has 1 heterocycles. The van der Waals surface area contributed by atoms with Crippen molar-refractivity contribution in [2.45, 2.75) is 0 Å². The molecule has 0 unspecified atom stereocenters. The SMILES string of the molecule is c1ccc(-c2c3ccccc3c(-c3ccc4c(c3)Oc3cccc5cccc-4c35)c3ccccc23)cc1. The lowest BCUT2D eigenvalue weighted by Crippen LogP contribution is -1.97. The number of rotatable bonds is 2. The molecule has 0 radical (unpaired) electrons. The highest BCUT2D eigenvalue weighted by molar-refractivity contribution is 6.21. The van der Waals surface area contributed by atoms with Crippen LogP contribution < -0.4 is 4.74 Å². The van der Waals surface area contributed by atoms with Crippen LogP contribution in [0, 0.1) is 0 Å². The Morgan fingerprint density at radius 2 is 0.973 bits per heavy atom. The molecule has 1 heteroatoms. The lowest BCUT2D eigenvalue weighted by Gasteiger charge is -2.23. The highest BCUT2D eigenvalue weighted by atomic mass is 16.5. The van der Waals surface area contributed by atoms with E-state index in [9.17, 15) is 0 Å². The number of benzene rings is 7. The molecule has 0 bridgehead atoms. The van der Waals surface area contributed by atoms with E-state index in [1.54, 1.807) is 0 Å². The molecule has 0 atom stereocenters. The quantitative estimate of drug-likeness (QED) is 0.228. The van der Waals surface area contributed by atoms with Gasteiger partial charge in [-0.25, -0.2) is 0 Å². The van der Waals surface area contributed by atoms with E-state index >= 15 is 0 Å². The average Bonchev–Trinajstić information content (AvgIpc) is 2.96. The fraction of sp³-hybridized carbons (Fsp3) is 0. The van der Waals surface area contributed by atoms with E-state index in [1.165, 1.54) is 54.6 Å². The molecular weight excluding hydrogens is 448 g/mol. The number of fused-ring (bicyclic) bond motifs is 4. The second-order valence-corrected chi connectivity index (χ2v) is 9.68. The molecule has 0 amide bonds. The summed E-state index contributed by atoms with van der Waals surface area (Å²) in [4.78, 5) is 0. The minimum atomic E-state index is 0.906. The van der Waals surface area contributed by atoms with Crippen LogP contribution in [0.5, 0.6) is 11.5 Å². The Labute approximate surface area is 215 Å². The van der Waals surface area contributed by atoms with Crippen LogP contribution in [0.1, 0.15) is 0 Å². The maximum atomic E-state index is 6.53. The van der Waals surface area contributed by atoms with Crippen LogP contribution in [0.25, 0.3) is 65.7 Å². The first-order chi connectivity index (χ1) is 18.4. The van der Waals surface area contributed by atoms with Gasteiger partial charge in [-0.2, -0.15) is 0 Å². The van der Waals surface area contributed by atoms with Crippen molar-refractivity contribution in [1.82, 2.24) is 0 Å². The predicted molar refractivity (Wildman–Crippen MR) is 155 cm³/mol. The summed E-state index contributed by atoms with van der Waals surface area (Å²) in [5, 5.41) is 7.41. The standard InChI is InChI=1S/C36H22O/c1-2-10-23(11-3-1)34-28-14-4-6-16-30(28)35(31-17-7-5-15-29(31)34)25-20-21-26-27-18-8-12-24-13-9-19-32(36(24)27)37-33(26)22-25/h1-22H. The molecule has 1 aliphatic rings. The minimum absolute atomic E-state index is 0.906. The van der Waals surface area contributed by atoms with Crippen molar-refractivity contribution in [3.8, 4) is 44.9 Å². The van der Waals surface area contributed by atoms with Gasteiger partial charge in [0.1, 0.15) is 11.5 Å². The Morgan fingerprint density at radius 1 is 0.378 bits per heavy atom. The summed E-state index contributed by atoms with van der Waals surface area (Å²) in [6, 6.07) is 47.8. The van der Waals surface area contributed by atoms with Gasteiger partial charge in [0.25, 0.3) is 0 Å². The molecule has 0 spiro atoms. The highest BCUT2D eigenvalue weighted by Gasteiger charge is 2.22. The molecule has 8 rings (SSSR count). The molecule has 7 aromatic carbocycles. The summed E-state index contributed by atoms with van der Waals surface area (Å²) in [6.07, 6.45) is 0. The van der Waals surface area contributed by atoms with Crippen molar-refractivity contribution in [3.63, 3.8) is 0 Å². The Hall–Kier alpha value is -4.88. The lowest BCUT2D eigenvalue weighted by molar-refractivity contribution is 0.487. The van der Waals surface area contributed by atoms with Crippen molar-refractivity contribution in [3.05, 3.63) is 133 Å². The molecule has 0 aliphatic carbocycles. The van der Waals surface area contributed by atoms with Crippen molar-refractivity contribution in [2.24, 2.45) is 0 Å². The molecule has 172 valence electrons. The molecule has 0 N–H and O–H groups in total. The minimum Gasteiger partial charge on any atom is -0.456 e. The van der Waals surface area contributed by atoms with Gasteiger partial charge < -0.3 is 4.74 Å². The third-order valence-electron chi connectivity index (χ3n) is 7.64. The molecule has 0 aromatic heterocycles. The van der Waals surface area contributed by atoms with Crippen LogP contribution >= 0.6 is 0 Å². The first-order valence-corrected chi connectivity index (χ1v) is 12.7. The van der Waals surface area contributed by atoms with E-state index in [4.69, 9.17) is 4.74 Å². The van der Waals surface area contributed by atoms with E-state index in [0.717, 1.165) is 22.6 Å². The van der Waals surface area contributed by atoms with Gasteiger partial charge in [0.2, 0.25) is 0 Å². The average molecular weight is 471 g/mol. The molecule has 7 aromatic rings. The zero-order chi connectivity index (χ0) is 24.3. The van der Waals surface area contributed by atoms with Crippen LogP contribution in [0.15, 0.2) is 133 Å². The maximum Gasteiger partial charge on any atom is 0.135 e. The molecule has 0 saturated carbocycles. The van der Waals surface area contributed by atoms with Crippen LogP contribution in [-0.2, 0) is 0 Å². The van der Waals surface area contributed by atoms with Gasteiger partial charge in [-0.05, 0) is 72.9 Å². The molecule has 1 nitrogen and oxygen atoms in total. The second-order valence-electron chi connectivity index (χ2n) is 9.68. The summed E-state index contributed by atoms with van der Waals surface area (Å²) in [6.45, 7) is 0. The Bertz CT molecular complexity index is 1940.